The third-order valence-electron chi connectivity index (χ3n) is 7.18. The van der Waals surface area contributed by atoms with Crippen LogP contribution in [0.15, 0.2) is 18.2 Å². The second kappa shape index (κ2) is 11.1. The summed E-state index contributed by atoms with van der Waals surface area (Å²) in [6.45, 7) is 10.8. The summed E-state index contributed by atoms with van der Waals surface area (Å²) in [7, 11) is 1.44. The molecule has 38 heavy (non-hydrogen) atoms. The molecule has 1 unspecified atom stereocenters. The van der Waals surface area contributed by atoms with E-state index in [1.807, 2.05) is 26.8 Å². The van der Waals surface area contributed by atoms with Crippen molar-refractivity contribution in [3.63, 3.8) is 0 Å². The standard InChI is InChI=1S/C27H37N5O6/c1-27(2,3)38-26(37)31-16-18(17-31)15-29-10-12-30(13-11-29)20-8-5-7-19-22(20)25(36)32(24(19)35)21(9-6-14-33)23(34)28-4/h5,7-8,14,18,21H,6,9-13,15-17H2,1-4H3,(H,28,34). The minimum absolute atomic E-state index is 0.0663. The van der Waals surface area contributed by atoms with Crippen LogP contribution in [0, 0.1) is 5.92 Å². The first-order valence-electron chi connectivity index (χ1n) is 13.2. The van der Waals surface area contributed by atoms with Gasteiger partial charge in [0.15, 0.2) is 0 Å². The average Bonchev–Trinajstić information content (AvgIpc) is 3.10. The monoisotopic (exact) mass is 527 g/mol. The highest BCUT2D eigenvalue weighted by Crippen LogP contribution is 2.34. The number of benzene rings is 1. The number of hydrogen-bond donors (Lipinski definition) is 1. The van der Waals surface area contributed by atoms with Crippen LogP contribution in [0.25, 0.3) is 0 Å². The van der Waals surface area contributed by atoms with E-state index in [0.29, 0.717) is 49.6 Å². The topological polar surface area (TPSA) is 120 Å². The molecule has 0 spiro atoms. The van der Waals surface area contributed by atoms with Crippen LogP contribution >= 0.6 is 0 Å². The Morgan fingerprint density at radius 2 is 1.79 bits per heavy atom. The van der Waals surface area contributed by atoms with E-state index < -0.39 is 29.4 Å². The number of imide groups is 1. The number of ether oxygens (including phenoxy) is 1. The summed E-state index contributed by atoms with van der Waals surface area (Å²) in [6, 6.07) is 4.18. The van der Waals surface area contributed by atoms with Gasteiger partial charge < -0.3 is 24.6 Å². The molecular weight excluding hydrogens is 490 g/mol. The molecule has 3 aliphatic heterocycles. The van der Waals surface area contributed by atoms with Gasteiger partial charge in [-0.3, -0.25) is 24.2 Å². The molecule has 4 rings (SSSR count). The third-order valence-corrected chi connectivity index (χ3v) is 7.18. The number of nitrogens with zero attached hydrogens (tertiary/aromatic N) is 4. The number of likely N-dealkylation sites (tertiary alicyclic amines) is 1. The van der Waals surface area contributed by atoms with Crippen LogP contribution in [0.3, 0.4) is 0 Å². The van der Waals surface area contributed by atoms with Crippen molar-refractivity contribution in [1.29, 1.82) is 0 Å². The van der Waals surface area contributed by atoms with Crippen LogP contribution < -0.4 is 10.2 Å². The number of piperazine rings is 1. The maximum Gasteiger partial charge on any atom is 0.410 e. The van der Waals surface area contributed by atoms with Gasteiger partial charge in [-0.05, 0) is 39.3 Å². The van der Waals surface area contributed by atoms with Crippen molar-refractivity contribution in [2.24, 2.45) is 5.92 Å². The van der Waals surface area contributed by atoms with Crippen molar-refractivity contribution < 1.29 is 28.7 Å². The van der Waals surface area contributed by atoms with Gasteiger partial charge in [0.2, 0.25) is 5.91 Å². The fourth-order valence-electron chi connectivity index (χ4n) is 5.30. The first-order valence-corrected chi connectivity index (χ1v) is 13.2. The van der Waals surface area contributed by atoms with E-state index in [1.165, 1.54) is 7.05 Å². The molecule has 0 radical (unpaired) electrons. The Balaban J connectivity index is 1.37. The van der Waals surface area contributed by atoms with E-state index in [-0.39, 0.29) is 24.5 Å². The van der Waals surface area contributed by atoms with E-state index >= 15 is 0 Å². The van der Waals surface area contributed by atoms with Gasteiger partial charge in [-0.25, -0.2) is 4.79 Å². The second-order valence-corrected chi connectivity index (χ2v) is 11.1. The van der Waals surface area contributed by atoms with Crippen molar-refractivity contribution in [1.82, 2.24) is 20.0 Å². The Hall–Kier alpha value is -3.47. The third kappa shape index (κ3) is 5.67. The van der Waals surface area contributed by atoms with Crippen molar-refractivity contribution in [3.05, 3.63) is 29.3 Å². The van der Waals surface area contributed by atoms with Gasteiger partial charge in [0.05, 0.1) is 16.8 Å². The Morgan fingerprint density at radius 1 is 1.11 bits per heavy atom. The maximum absolute atomic E-state index is 13.5. The van der Waals surface area contributed by atoms with Crippen molar-refractivity contribution >= 4 is 35.8 Å². The Labute approximate surface area is 223 Å². The van der Waals surface area contributed by atoms with Gasteiger partial charge in [0.1, 0.15) is 17.9 Å². The van der Waals surface area contributed by atoms with Crippen molar-refractivity contribution in [2.75, 3.05) is 57.8 Å². The number of anilines is 1. The normalized spacial score (nSPS) is 19.2. The zero-order valence-electron chi connectivity index (χ0n) is 22.6. The maximum atomic E-state index is 13.5. The highest BCUT2D eigenvalue weighted by molar-refractivity contribution is 6.25. The quantitative estimate of drug-likeness (QED) is 0.398. The summed E-state index contributed by atoms with van der Waals surface area (Å²) < 4.78 is 5.43. The lowest BCUT2D eigenvalue weighted by Crippen LogP contribution is -2.57. The molecule has 206 valence electrons. The van der Waals surface area contributed by atoms with E-state index in [4.69, 9.17) is 4.74 Å². The van der Waals surface area contributed by atoms with Crippen molar-refractivity contribution in [2.45, 2.75) is 45.3 Å². The summed E-state index contributed by atoms with van der Waals surface area (Å²) in [5.41, 5.74) is 0.788. The molecule has 1 N–H and O–H groups in total. The number of rotatable bonds is 8. The Kier molecular flexibility index (Phi) is 8.05. The average molecular weight is 528 g/mol. The highest BCUT2D eigenvalue weighted by Gasteiger charge is 2.44. The fraction of sp³-hybridized carbons (Fsp3) is 0.593. The molecule has 3 aliphatic rings. The Morgan fingerprint density at radius 3 is 2.39 bits per heavy atom. The highest BCUT2D eigenvalue weighted by atomic mass is 16.6. The number of carbonyl (C=O) groups excluding carboxylic acids is 5. The number of likely N-dealkylation sites (N-methyl/N-ethyl adjacent to an activating group) is 1. The summed E-state index contributed by atoms with van der Waals surface area (Å²) in [5.74, 6) is -1.09. The van der Waals surface area contributed by atoms with Crippen LogP contribution in [0.5, 0.6) is 0 Å². The molecular formula is C27H37N5O6. The van der Waals surface area contributed by atoms with Gasteiger partial charge in [-0.1, -0.05) is 6.07 Å². The van der Waals surface area contributed by atoms with Crippen LogP contribution in [0.2, 0.25) is 0 Å². The van der Waals surface area contributed by atoms with Crippen LogP contribution in [-0.4, -0.2) is 109 Å². The molecule has 0 aliphatic carbocycles. The van der Waals surface area contributed by atoms with Gasteiger partial charge in [-0.15, -0.1) is 0 Å². The van der Waals surface area contributed by atoms with Crippen LogP contribution in [0.4, 0.5) is 10.5 Å². The van der Waals surface area contributed by atoms with Gasteiger partial charge in [0, 0.05) is 65.2 Å². The predicted molar refractivity (Wildman–Crippen MR) is 140 cm³/mol. The number of nitrogens with one attached hydrogen (secondary N) is 1. The molecule has 11 heteroatoms. The predicted octanol–water partition coefficient (Wildman–Crippen LogP) is 1.37. The van der Waals surface area contributed by atoms with E-state index in [2.05, 4.69) is 15.1 Å². The zero-order valence-corrected chi connectivity index (χ0v) is 22.6. The number of fused-ring (bicyclic) bond motifs is 1. The van der Waals surface area contributed by atoms with Crippen molar-refractivity contribution in [3.8, 4) is 0 Å². The molecule has 1 aromatic rings. The SMILES string of the molecule is CNC(=O)C(CCC=O)N1C(=O)c2cccc(N3CCN(CC4CN(C(=O)OC(C)(C)C)C4)CC3)c2C1=O. The molecule has 4 amide bonds. The molecule has 2 fully saturated rings. The molecule has 1 aromatic carbocycles. The minimum Gasteiger partial charge on any atom is -0.444 e. The number of hydrogen-bond acceptors (Lipinski definition) is 8. The van der Waals surface area contributed by atoms with Gasteiger partial charge >= 0.3 is 6.09 Å². The Bertz CT molecular complexity index is 1100. The van der Waals surface area contributed by atoms with E-state index in [0.717, 1.165) is 24.5 Å². The van der Waals surface area contributed by atoms with Gasteiger partial charge in [-0.2, -0.15) is 0 Å². The molecule has 0 aromatic heterocycles. The number of carbonyl (C=O) groups is 5. The molecule has 3 heterocycles. The molecule has 2 saturated heterocycles. The van der Waals surface area contributed by atoms with E-state index in [9.17, 15) is 24.0 Å². The largest absolute Gasteiger partial charge is 0.444 e. The first-order chi connectivity index (χ1) is 18.0. The zero-order chi connectivity index (χ0) is 27.6. The molecule has 11 nitrogen and oxygen atoms in total. The lowest BCUT2D eigenvalue weighted by Gasteiger charge is -2.44. The molecule has 0 bridgehead atoms. The lowest BCUT2D eigenvalue weighted by molar-refractivity contribution is -0.124. The number of aldehydes is 1. The van der Waals surface area contributed by atoms with Gasteiger partial charge in [0.25, 0.3) is 11.8 Å². The molecule has 0 saturated carbocycles. The molecule has 1 atom stereocenters. The summed E-state index contributed by atoms with van der Waals surface area (Å²) in [4.78, 5) is 69.5. The first kappa shape index (κ1) is 27.6. The lowest BCUT2D eigenvalue weighted by atomic mass is 9.99. The summed E-state index contributed by atoms with van der Waals surface area (Å²) in [5, 5.41) is 2.50. The minimum atomic E-state index is -1.04. The summed E-state index contributed by atoms with van der Waals surface area (Å²) in [6.07, 6.45) is 0.554. The fourth-order valence-corrected chi connectivity index (χ4v) is 5.30. The summed E-state index contributed by atoms with van der Waals surface area (Å²) >= 11 is 0. The van der Waals surface area contributed by atoms with Crippen LogP contribution in [-0.2, 0) is 14.3 Å². The van der Waals surface area contributed by atoms with Crippen LogP contribution in [0.1, 0.15) is 54.3 Å². The second-order valence-electron chi connectivity index (χ2n) is 11.1. The number of amides is 4. The smallest absolute Gasteiger partial charge is 0.410 e. The van der Waals surface area contributed by atoms with E-state index in [1.54, 1.807) is 17.0 Å².